The lowest BCUT2D eigenvalue weighted by Gasteiger charge is -2.29. The molecule has 1 aromatic rings. The number of carbonyl (C=O) groups excluding carboxylic acids is 3. The molecule has 1 N–H and O–H groups in total. The van der Waals surface area contributed by atoms with E-state index in [1.165, 1.54) is 11.9 Å². The van der Waals surface area contributed by atoms with E-state index >= 15 is 0 Å². The van der Waals surface area contributed by atoms with Crippen molar-refractivity contribution in [1.82, 2.24) is 10.2 Å². The highest BCUT2D eigenvalue weighted by atomic mass is 16.6. The minimum Gasteiger partial charge on any atom is -0.444 e. The van der Waals surface area contributed by atoms with Gasteiger partial charge >= 0.3 is 6.09 Å². The van der Waals surface area contributed by atoms with Crippen molar-refractivity contribution in [2.24, 2.45) is 0 Å². The van der Waals surface area contributed by atoms with Crippen molar-refractivity contribution >= 4 is 17.8 Å². The van der Waals surface area contributed by atoms with Gasteiger partial charge in [-0.05, 0) is 39.2 Å². The predicted octanol–water partition coefficient (Wildman–Crippen LogP) is 2.48. The van der Waals surface area contributed by atoms with Gasteiger partial charge in [0.25, 0.3) is 0 Å². The van der Waals surface area contributed by atoms with E-state index < -0.39 is 23.7 Å². The molecule has 1 unspecified atom stereocenters. The molecule has 0 spiro atoms. The Bertz CT molecular complexity index is 637. The molecular weight excluding hydrogens is 320 g/mol. The average molecular weight is 346 g/mol. The number of hydrogen-bond acceptors (Lipinski definition) is 4. The van der Waals surface area contributed by atoms with Gasteiger partial charge in [0.2, 0.25) is 5.91 Å². The minimum atomic E-state index is -0.931. The van der Waals surface area contributed by atoms with E-state index in [1.807, 2.05) is 6.07 Å². The maximum absolute atomic E-state index is 13.1. The number of ketones is 1. The van der Waals surface area contributed by atoms with Gasteiger partial charge in [-0.2, -0.15) is 0 Å². The Kier molecular flexibility index (Phi) is 5.82. The molecule has 6 nitrogen and oxygen atoms in total. The topological polar surface area (TPSA) is 75.7 Å². The number of Topliss-reactive ketones (excluding diaryl/α,β-unsaturated/α-hetero) is 1. The molecule has 1 heterocycles. The maximum Gasteiger partial charge on any atom is 0.410 e. The number of hydrogen-bond donors (Lipinski definition) is 1. The van der Waals surface area contributed by atoms with E-state index in [4.69, 9.17) is 4.74 Å². The largest absolute Gasteiger partial charge is 0.444 e. The van der Waals surface area contributed by atoms with E-state index in [9.17, 15) is 14.4 Å². The van der Waals surface area contributed by atoms with Crippen LogP contribution in [0.2, 0.25) is 0 Å². The summed E-state index contributed by atoms with van der Waals surface area (Å²) in [7, 11) is 1.51. The number of likely N-dealkylation sites (N-methyl/N-ethyl adjacent to an activating group) is 1. The summed E-state index contributed by atoms with van der Waals surface area (Å²) in [6.07, 6.45) is 0.746. The second kappa shape index (κ2) is 7.68. The Hall–Kier alpha value is -2.37. The third kappa shape index (κ3) is 4.59. The van der Waals surface area contributed by atoms with Gasteiger partial charge in [0.05, 0.1) is 6.04 Å². The van der Waals surface area contributed by atoms with Crippen molar-refractivity contribution < 1.29 is 19.1 Å². The Morgan fingerprint density at radius 3 is 2.40 bits per heavy atom. The molecule has 1 aliphatic heterocycles. The zero-order chi connectivity index (χ0) is 18.6. The fraction of sp³-hybridized carbons (Fsp3) is 0.526. The molecule has 0 saturated carbocycles. The molecule has 0 aliphatic carbocycles. The molecule has 0 bridgehead atoms. The van der Waals surface area contributed by atoms with Crippen molar-refractivity contribution in [3.05, 3.63) is 35.9 Å². The molecular formula is C19H26N2O4. The number of benzene rings is 1. The van der Waals surface area contributed by atoms with E-state index in [2.05, 4.69) is 5.32 Å². The molecule has 2 atom stereocenters. The summed E-state index contributed by atoms with van der Waals surface area (Å²) < 4.78 is 5.41. The highest BCUT2D eigenvalue weighted by Crippen LogP contribution is 2.27. The van der Waals surface area contributed by atoms with Crippen LogP contribution in [-0.4, -0.2) is 47.9 Å². The highest BCUT2D eigenvalue weighted by molar-refractivity contribution is 6.09. The first kappa shape index (κ1) is 19.0. The van der Waals surface area contributed by atoms with Crippen LogP contribution in [0.1, 0.15) is 45.1 Å². The van der Waals surface area contributed by atoms with Crippen LogP contribution < -0.4 is 5.32 Å². The molecule has 25 heavy (non-hydrogen) atoms. The van der Waals surface area contributed by atoms with Gasteiger partial charge in [0.15, 0.2) is 5.78 Å². The van der Waals surface area contributed by atoms with Crippen LogP contribution in [-0.2, 0) is 14.3 Å². The fourth-order valence-electron chi connectivity index (χ4n) is 3.03. The number of rotatable bonds is 4. The standard InChI is InChI=1S/C19H26N2O4/c1-19(2,3)25-18(24)21-12-8-11-14(21)16(22)15(17(23)20-4)13-9-6-5-7-10-13/h5-7,9-10,14-15H,8,11-12H2,1-4H3,(H,20,23)/t14-,15?/m0/s1. The molecule has 136 valence electrons. The number of nitrogens with one attached hydrogen (secondary N) is 1. The van der Waals surface area contributed by atoms with E-state index in [1.54, 1.807) is 45.0 Å². The quantitative estimate of drug-likeness (QED) is 0.850. The average Bonchev–Trinajstić information content (AvgIpc) is 3.04. The van der Waals surface area contributed by atoms with Gasteiger partial charge in [-0.15, -0.1) is 0 Å². The Balaban J connectivity index is 2.25. The zero-order valence-corrected chi connectivity index (χ0v) is 15.2. The first-order valence-corrected chi connectivity index (χ1v) is 8.54. The molecule has 2 amide bonds. The van der Waals surface area contributed by atoms with Crippen LogP contribution in [0.5, 0.6) is 0 Å². The lowest BCUT2D eigenvalue weighted by molar-refractivity contribution is -0.132. The monoisotopic (exact) mass is 346 g/mol. The summed E-state index contributed by atoms with van der Waals surface area (Å²) >= 11 is 0. The summed E-state index contributed by atoms with van der Waals surface area (Å²) in [5, 5.41) is 2.56. The van der Waals surface area contributed by atoms with Crippen molar-refractivity contribution in [2.75, 3.05) is 13.6 Å². The predicted molar refractivity (Wildman–Crippen MR) is 94.2 cm³/mol. The SMILES string of the molecule is CNC(=O)C(C(=O)[C@@H]1CCCN1C(=O)OC(C)(C)C)c1ccccc1. The van der Waals surface area contributed by atoms with Crippen LogP contribution in [0, 0.1) is 0 Å². The smallest absolute Gasteiger partial charge is 0.410 e. The van der Waals surface area contributed by atoms with E-state index in [-0.39, 0.29) is 11.7 Å². The Morgan fingerprint density at radius 2 is 1.84 bits per heavy atom. The molecule has 1 fully saturated rings. The number of ether oxygens (including phenoxy) is 1. The normalized spacial score (nSPS) is 18.6. The first-order chi connectivity index (χ1) is 11.7. The number of carbonyl (C=O) groups is 3. The molecule has 0 radical (unpaired) electrons. The van der Waals surface area contributed by atoms with Crippen LogP contribution in [0.3, 0.4) is 0 Å². The van der Waals surface area contributed by atoms with Crippen LogP contribution in [0.4, 0.5) is 4.79 Å². The number of likely N-dealkylation sites (tertiary alicyclic amines) is 1. The fourth-order valence-corrected chi connectivity index (χ4v) is 3.03. The van der Waals surface area contributed by atoms with E-state index in [0.29, 0.717) is 24.9 Å². The molecule has 1 aliphatic rings. The molecule has 1 aromatic carbocycles. The summed E-state index contributed by atoms with van der Waals surface area (Å²) in [6.45, 7) is 5.82. The second-order valence-corrected chi connectivity index (χ2v) is 7.19. The minimum absolute atomic E-state index is 0.270. The van der Waals surface area contributed by atoms with Crippen LogP contribution in [0.25, 0.3) is 0 Å². The number of nitrogens with zero attached hydrogens (tertiary/aromatic N) is 1. The van der Waals surface area contributed by atoms with E-state index in [0.717, 1.165) is 0 Å². The van der Waals surface area contributed by atoms with Gasteiger partial charge in [0.1, 0.15) is 11.5 Å². The first-order valence-electron chi connectivity index (χ1n) is 8.54. The number of amides is 2. The van der Waals surface area contributed by atoms with Crippen molar-refractivity contribution in [3.63, 3.8) is 0 Å². The third-order valence-corrected chi connectivity index (χ3v) is 4.14. The van der Waals surface area contributed by atoms with Gasteiger partial charge in [-0.1, -0.05) is 30.3 Å². The van der Waals surface area contributed by atoms with Gasteiger partial charge in [0, 0.05) is 13.6 Å². The summed E-state index contributed by atoms with van der Waals surface area (Å²) in [5.41, 5.74) is -0.00437. The highest BCUT2D eigenvalue weighted by Gasteiger charge is 2.41. The molecule has 6 heteroatoms. The van der Waals surface area contributed by atoms with Crippen molar-refractivity contribution in [2.45, 2.75) is 51.2 Å². The maximum atomic E-state index is 13.1. The van der Waals surface area contributed by atoms with Gasteiger partial charge < -0.3 is 10.1 Å². The summed E-state index contributed by atoms with van der Waals surface area (Å²) in [5.74, 6) is -1.57. The van der Waals surface area contributed by atoms with Crippen molar-refractivity contribution in [3.8, 4) is 0 Å². The lowest BCUT2D eigenvalue weighted by atomic mass is 9.89. The van der Waals surface area contributed by atoms with Crippen LogP contribution >= 0.6 is 0 Å². The lowest BCUT2D eigenvalue weighted by Crippen LogP contribution is -2.47. The second-order valence-electron chi connectivity index (χ2n) is 7.19. The van der Waals surface area contributed by atoms with Crippen LogP contribution in [0.15, 0.2) is 30.3 Å². The third-order valence-electron chi connectivity index (χ3n) is 4.14. The Labute approximate surface area is 148 Å². The summed E-state index contributed by atoms with van der Waals surface area (Å²) in [6, 6.07) is 8.28. The van der Waals surface area contributed by atoms with Gasteiger partial charge in [-0.3, -0.25) is 14.5 Å². The summed E-state index contributed by atoms with van der Waals surface area (Å²) in [4.78, 5) is 39.3. The molecule has 2 rings (SSSR count). The Morgan fingerprint density at radius 1 is 1.20 bits per heavy atom. The van der Waals surface area contributed by atoms with Crippen molar-refractivity contribution in [1.29, 1.82) is 0 Å². The zero-order valence-electron chi connectivity index (χ0n) is 15.2. The van der Waals surface area contributed by atoms with Gasteiger partial charge in [-0.25, -0.2) is 4.79 Å². The molecule has 0 aromatic heterocycles. The molecule has 1 saturated heterocycles.